The zero-order chi connectivity index (χ0) is 77.9. The molecule has 0 radical (unpaired) electrons. The molecule has 14 heteroatoms. The highest BCUT2D eigenvalue weighted by Crippen LogP contribution is 2.31. The van der Waals surface area contributed by atoms with Gasteiger partial charge >= 0.3 is 0 Å². The van der Waals surface area contributed by atoms with Crippen LogP contribution < -0.4 is 5.32 Å². The number of aliphatic hydroxyl groups is 8. The van der Waals surface area contributed by atoms with Gasteiger partial charge in [0, 0.05) is 6.42 Å². The molecule has 0 spiro atoms. The molecule has 9 N–H and O–H groups in total. The first-order valence-electron chi connectivity index (χ1n) is 44.8. The van der Waals surface area contributed by atoms with Crippen molar-refractivity contribution in [2.24, 2.45) is 0 Å². The summed E-state index contributed by atoms with van der Waals surface area (Å²) in [5.74, 6) is -0.210. The van der Waals surface area contributed by atoms with Crippen molar-refractivity contribution < 1.29 is 64.6 Å². The third-order valence-corrected chi connectivity index (χ3v) is 21.2. The Labute approximate surface area is 660 Å². The van der Waals surface area contributed by atoms with Gasteiger partial charge in [-0.1, -0.05) is 399 Å². The molecule has 2 heterocycles. The standard InChI is InChI=1S/C94H165NO13/c1-3-5-7-9-11-13-15-17-19-21-23-25-27-29-31-33-35-37-38-39-40-41-42-43-44-46-48-50-52-54-56-58-60-62-64-66-68-70-72-74-76-78-86(99)95-82(81-105-93-91(104)89(102)92(85(80-97)107-93)108-94-90(103)88(101)87(100)84(79-96)106-94)83(98)77-75-73-71-69-67-65-63-61-59-57-55-53-51-49-47-45-36-34-32-30-28-26-24-22-20-18-16-14-12-10-8-6-4-2/h5,7,11,13,17,19,23,25,29,31,35,37,39-40,42-43,46,48,52,54,82-85,87-94,96-98,100-104H,3-4,6,8-10,12,14-16,18,20-22,24,26-28,30,32-34,36,38,41,44-45,47,49-51,53,55-81H2,1-2H3,(H,95,99)/b7-5-,13-11-,19-17-,25-23-,31-29-,37-35-,40-39-,43-42-,48-46-,54-52-. The fourth-order valence-electron chi connectivity index (χ4n) is 14.2. The third kappa shape index (κ3) is 57.4. The molecule has 2 aliphatic rings. The van der Waals surface area contributed by atoms with Crippen LogP contribution in [0.1, 0.15) is 373 Å². The van der Waals surface area contributed by atoms with Gasteiger partial charge in [0.2, 0.25) is 5.91 Å². The molecule has 14 nitrogen and oxygen atoms in total. The summed E-state index contributed by atoms with van der Waals surface area (Å²) in [6.07, 6.45) is 95.4. The minimum absolute atomic E-state index is 0.210. The molecule has 0 aromatic heterocycles. The van der Waals surface area contributed by atoms with E-state index in [2.05, 4.69) is 141 Å². The summed E-state index contributed by atoms with van der Waals surface area (Å²) >= 11 is 0. The van der Waals surface area contributed by atoms with Gasteiger partial charge < -0.3 is 65.1 Å². The maximum Gasteiger partial charge on any atom is 0.220 e. The van der Waals surface area contributed by atoms with Crippen LogP contribution in [0.15, 0.2) is 122 Å². The Morgan fingerprint density at radius 3 is 0.981 bits per heavy atom. The van der Waals surface area contributed by atoms with Crippen LogP contribution in [0.4, 0.5) is 0 Å². The van der Waals surface area contributed by atoms with E-state index in [0.717, 1.165) is 116 Å². The van der Waals surface area contributed by atoms with Crippen molar-refractivity contribution in [3.63, 3.8) is 0 Å². The largest absolute Gasteiger partial charge is 0.394 e. The van der Waals surface area contributed by atoms with E-state index in [4.69, 9.17) is 18.9 Å². The zero-order valence-corrected chi connectivity index (χ0v) is 68.8. The van der Waals surface area contributed by atoms with E-state index in [-0.39, 0.29) is 12.5 Å². The van der Waals surface area contributed by atoms with E-state index >= 15 is 0 Å². The lowest BCUT2D eigenvalue weighted by atomic mass is 9.97. The van der Waals surface area contributed by atoms with Gasteiger partial charge in [0.1, 0.15) is 48.8 Å². The summed E-state index contributed by atoms with van der Waals surface area (Å²) in [4.78, 5) is 13.4. The molecular formula is C94H165NO13. The predicted octanol–water partition coefficient (Wildman–Crippen LogP) is 21.9. The van der Waals surface area contributed by atoms with Gasteiger partial charge in [-0.3, -0.25) is 4.79 Å². The summed E-state index contributed by atoms with van der Waals surface area (Å²) in [6.45, 7) is 2.79. The van der Waals surface area contributed by atoms with Crippen molar-refractivity contribution in [1.82, 2.24) is 5.32 Å². The Balaban J connectivity index is 1.58. The molecule has 624 valence electrons. The van der Waals surface area contributed by atoms with Crippen LogP contribution in [0.5, 0.6) is 0 Å². The average Bonchev–Trinajstić information content (AvgIpc) is 0.789. The highest BCUT2D eigenvalue weighted by molar-refractivity contribution is 5.76. The van der Waals surface area contributed by atoms with Gasteiger partial charge in [0.25, 0.3) is 0 Å². The second-order valence-corrected chi connectivity index (χ2v) is 31.0. The smallest absolute Gasteiger partial charge is 0.220 e. The lowest BCUT2D eigenvalue weighted by Crippen LogP contribution is -2.65. The van der Waals surface area contributed by atoms with Crippen LogP contribution in [0.25, 0.3) is 0 Å². The molecule has 0 aromatic rings. The zero-order valence-electron chi connectivity index (χ0n) is 68.8. The van der Waals surface area contributed by atoms with E-state index in [1.807, 2.05) is 0 Å². The van der Waals surface area contributed by atoms with Gasteiger partial charge in [0.15, 0.2) is 12.6 Å². The molecule has 1 amide bonds. The number of carbonyl (C=O) groups is 1. The third-order valence-electron chi connectivity index (χ3n) is 21.2. The molecule has 108 heavy (non-hydrogen) atoms. The molecule has 12 unspecified atom stereocenters. The second kappa shape index (κ2) is 76.0. The number of rotatable bonds is 75. The van der Waals surface area contributed by atoms with Crippen molar-refractivity contribution >= 4 is 5.91 Å². The van der Waals surface area contributed by atoms with Crippen LogP contribution in [0.2, 0.25) is 0 Å². The van der Waals surface area contributed by atoms with Gasteiger partial charge in [0.05, 0.1) is 32.0 Å². The highest BCUT2D eigenvalue weighted by atomic mass is 16.7. The summed E-state index contributed by atoms with van der Waals surface area (Å²) in [6, 6.07) is -0.842. The van der Waals surface area contributed by atoms with E-state index in [9.17, 15) is 45.6 Å². The molecule has 12 atom stereocenters. The normalized spacial score (nSPS) is 21.7. The Bertz CT molecular complexity index is 2290. The predicted molar refractivity (Wildman–Crippen MR) is 452 cm³/mol. The molecule has 0 aromatic carbocycles. The fraction of sp³-hybridized carbons (Fsp3) is 0.777. The highest BCUT2D eigenvalue weighted by Gasteiger charge is 2.51. The minimum Gasteiger partial charge on any atom is -0.394 e. The molecule has 0 bridgehead atoms. The maximum atomic E-state index is 13.4. The number of aliphatic hydroxyl groups excluding tert-OH is 8. The first-order chi connectivity index (χ1) is 53.1. The van der Waals surface area contributed by atoms with Gasteiger partial charge in [-0.15, -0.1) is 0 Å². The number of nitrogens with one attached hydrogen (secondary N) is 1. The Hall–Kier alpha value is -3.61. The first-order valence-corrected chi connectivity index (χ1v) is 44.8. The van der Waals surface area contributed by atoms with Gasteiger partial charge in [-0.25, -0.2) is 0 Å². The second-order valence-electron chi connectivity index (χ2n) is 31.0. The van der Waals surface area contributed by atoms with Crippen molar-refractivity contribution in [1.29, 1.82) is 0 Å². The summed E-state index contributed by atoms with van der Waals surface area (Å²) in [7, 11) is 0. The number of allylic oxidation sites excluding steroid dienone is 20. The monoisotopic (exact) mass is 1520 g/mol. The van der Waals surface area contributed by atoms with Crippen LogP contribution in [-0.2, 0) is 23.7 Å². The van der Waals surface area contributed by atoms with Gasteiger partial charge in [-0.05, 0) is 89.9 Å². The molecule has 0 aliphatic carbocycles. The van der Waals surface area contributed by atoms with Crippen molar-refractivity contribution in [3.8, 4) is 0 Å². The van der Waals surface area contributed by atoms with Crippen LogP contribution in [-0.4, -0.2) is 140 Å². The SMILES string of the molecule is CC/C=C\C/C=C\C/C=C\C/C=C\C/C=C\C/C=C\C/C=C\C/C=C\C/C=C\C/C=C\CCCCCCCCCCCCC(=O)NC(COC1OC(CO)C(OC2OC(CO)C(O)C(O)C2O)C(O)C1O)C(O)CCCCCCCCCCCCCCCCCCCCCCCCCCCCCCCCCCC. The van der Waals surface area contributed by atoms with Crippen molar-refractivity contribution in [2.45, 2.75) is 447 Å². The molecular weight excluding hydrogens is 1350 g/mol. The average molecular weight is 1520 g/mol. The summed E-state index contributed by atoms with van der Waals surface area (Å²) in [5, 5.41) is 88.1. The molecule has 2 saturated heterocycles. The van der Waals surface area contributed by atoms with E-state index in [1.165, 1.54) is 225 Å². The number of amides is 1. The Kier molecular flexibility index (Phi) is 70.7. The minimum atomic E-state index is -1.79. The van der Waals surface area contributed by atoms with Crippen molar-refractivity contribution in [3.05, 3.63) is 122 Å². The number of carbonyl (C=O) groups excluding carboxylic acids is 1. The molecule has 2 aliphatic heterocycles. The van der Waals surface area contributed by atoms with E-state index in [0.29, 0.717) is 19.3 Å². The van der Waals surface area contributed by atoms with Crippen LogP contribution >= 0.6 is 0 Å². The van der Waals surface area contributed by atoms with Crippen molar-refractivity contribution in [2.75, 3.05) is 19.8 Å². The number of hydrogen-bond acceptors (Lipinski definition) is 13. The lowest BCUT2D eigenvalue weighted by Gasteiger charge is -2.46. The van der Waals surface area contributed by atoms with E-state index in [1.54, 1.807) is 0 Å². The maximum absolute atomic E-state index is 13.4. The molecule has 2 fully saturated rings. The van der Waals surface area contributed by atoms with Crippen LogP contribution in [0.3, 0.4) is 0 Å². The number of unbranched alkanes of at least 4 members (excludes halogenated alkanes) is 42. The number of hydrogen-bond donors (Lipinski definition) is 9. The van der Waals surface area contributed by atoms with Gasteiger partial charge in [-0.2, -0.15) is 0 Å². The fourth-order valence-corrected chi connectivity index (χ4v) is 14.2. The lowest BCUT2D eigenvalue weighted by molar-refractivity contribution is -0.359. The first kappa shape index (κ1) is 100. The topological polar surface area (TPSA) is 228 Å². The quantitative estimate of drug-likeness (QED) is 0.0204. The Morgan fingerprint density at radius 2 is 0.639 bits per heavy atom. The number of ether oxygens (including phenoxy) is 4. The van der Waals surface area contributed by atoms with E-state index < -0.39 is 86.8 Å². The summed E-state index contributed by atoms with van der Waals surface area (Å²) < 4.78 is 23.0. The van der Waals surface area contributed by atoms with Crippen LogP contribution in [0, 0.1) is 0 Å². The molecule has 0 saturated carbocycles. The Morgan fingerprint density at radius 1 is 0.343 bits per heavy atom. The molecule has 2 rings (SSSR count). The summed E-state index contributed by atoms with van der Waals surface area (Å²) in [5.41, 5.74) is 0.